The number of rotatable bonds is 2. The number of nitrogens with one attached hydrogen (secondary N) is 1. The minimum atomic E-state index is -4.58. The Morgan fingerprint density at radius 3 is 2.53 bits per heavy atom. The van der Waals surface area contributed by atoms with Crippen LogP contribution in [0.2, 0.25) is 5.02 Å². The van der Waals surface area contributed by atoms with Crippen LogP contribution in [0.1, 0.15) is 11.3 Å². The molecule has 0 atom stereocenters. The van der Waals surface area contributed by atoms with Crippen molar-refractivity contribution in [3.05, 3.63) is 70.8 Å². The highest BCUT2D eigenvalue weighted by Gasteiger charge is 2.31. The van der Waals surface area contributed by atoms with Crippen LogP contribution in [-0.2, 0) is 19.3 Å². The van der Waals surface area contributed by atoms with Gasteiger partial charge in [-0.2, -0.15) is 18.3 Å². The highest BCUT2D eigenvalue weighted by molar-refractivity contribution is 6.31. The van der Waals surface area contributed by atoms with E-state index in [2.05, 4.69) is 10.4 Å². The quantitative estimate of drug-likeness (QED) is 0.544. The molecule has 0 aliphatic carbocycles. The molecule has 2 heterocycles. The Morgan fingerprint density at radius 1 is 1.10 bits per heavy atom. The fraction of sp³-hybridized carbons (Fsp3) is 0.200. The van der Waals surface area contributed by atoms with Crippen molar-refractivity contribution < 1.29 is 22.4 Å². The summed E-state index contributed by atoms with van der Waals surface area (Å²) in [5, 5.41) is 6.65. The highest BCUT2D eigenvalue weighted by Crippen LogP contribution is 2.33. The first-order valence-electron chi connectivity index (χ1n) is 8.95. The van der Waals surface area contributed by atoms with Crippen molar-refractivity contribution in [1.29, 1.82) is 0 Å². The van der Waals surface area contributed by atoms with Crippen LogP contribution in [0, 0.1) is 5.82 Å². The maximum absolute atomic E-state index is 13.2. The van der Waals surface area contributed by atoms with E-state index < -0.39 is 17.8 Å². The van der Waals surface area contributed by atoms with Gasteiger partial charge in [0.25, 0.3) is 0 Å². The van der Waals surface area contributed by atoms with Gasteiger partial charge < -0.3 is 10.2 Å². The lowest BCUT2D eigenvalue weighted by atomic mass is 10.1. The molecule has 2 amide bonds. The molecule has 1 aromatic heterocycles. The summed E-state index contributed by atoms with van der Waals surface area (Å²) in [6.45, 7) is 0.953. The number of urea groups is 1. The van der Waals surface area contributed by atoms with Gasteiger partial charge in [-0.1, -0.05) is 23.7 Å². The molecule has 3 aromatic rings. The molecular formula is C20H15ClF4N4O. The highest BCUT2D eigenvalue weighted by atomic mass is 35.5. The Morgan fingerprint density at radius 2 is 1.83 bits per heavy atom. The predicted molar refractivity (Wildman–Crippen MR) is 104 cm³/mol. The van der Waals surface area contributed by atoms with E-state index in [0.717, 1.165) is 29.0 Å². The normalized spacial score (nSPS) is 13.8. The third-order valence-electron chi connectivity index (χ3n) is 4.79. The zero-order valence-corrected chi connectivity index (χ0v) is 16.1. The smallest absolute Gasteiger partial charge is 0.317 e. The molecule has 2 aromatic carbocycles. The number of hydrogen-bond acceptors (Lipinski definition) is 2. The average Bonchev–Trinajstić information content (AvgIpc) is 3.10. The number of hydrogen-bond donors (Lipinski definition) is 1. The Bertz CT molecular complexity index is 1100. The summed E-state index contributed by atoms with van der Waals surface area (Å²) in [6, 6.07) is 8.25. The second-order valence-corrected chi connectivity index (χ2v) is 7.25. The molecule has 0 radical (unpaired) electrons. The SMILES string of the molecule is O=C(Nc1cc(Cl)cc(C(F)(F)F)c1)N1CCn2ncc(-c3ccc(F)cc3)c2C1. The van der Waals surface area contributed by atoms with Crippen molar-refractivity contribution in [2.24, 2.45) is 0 Å². The molecule has 5 nitrogen and oxygen atoms in total. The Balaban J connectivity index is 1.54. The van der Waals surface area contributed by atoms with E-state index in [4.69, 9.17) is 11.6 Å². The topological polar surface area (TPSA) is 50.2 Å². The number of aromatic nitrogens is 2. The third kappa shape index (κ3) is 4.11. The lowest BCUT2D eigenvalue weighted by Crippen LogP contribution is -2.41. The van der Waals surface area contributed by atoms with Crippen LogP contribution in [0.15, 0.2) is 48.7 Å². The van der Waals surface area contributed by atoms with Gasteiger partial charge in [0.15, 0.2) is 0 Å². The summed E-state index contributed by atoms with van der Waals surface area (Å²) in [4.78, 5) is 14.1. The molecule has 0 unspecified atom stereocenters. The van der Waals surface area contributed by atoms with E-state index >= 15 is 0 Å². The van der Waals surface area contributed by atoms with Gasteiger partial charge in [-0.3, -0.25) is 4.68 Å². The van der Waals surface area contributed by atoms with Crippen LogP contribution in [0.5, 0.6) is 0 Å². The van der Waals surface area contributed by atoms with E-state index in [1.165, 1.54) is 23.1 Å². The van der Waals surface area contributed by atoms with E-state index in [-0.39, 0.29) is 23.1 Å². The van der Waals surface area contributed by atoms with Crippen LogP contribution < -0.4 is 5.32 Å². The van der Waals surface area contributed by atoms with E-state index in [9.17, 15) is 22.4 Å². The maximum Gasteiger partial charge on any atom is 0.416 e. The van der Waals surface area contributed by atoms with Crippen molar-refractivity contribution in [2.45, 2.75) is 19.3 Å². The number of fused-ring (bicyclic) bond motifs is 1. The minimum absolute atomic E-state index is 0.0438. The van der Waals surface area contributed by atoms with Crippen molar-refractivity contribution in [3.63, 3.8) is 0 Å². The third-order valence-corrected chi connectivity index (χ3v) is 5.01. The van der Waals surface area contributed by atoms with Gasteiger partial charge in [0.1, 0.15) is 5.82 Å². The zero-order chi connectivity index (χ0) is 21.5. The monoisotopic (exact) mass is 438 g/mol. The maximum atomic E-state index is 13.2. The Hall–Kier alpha value is -3.07. The van der Waals surface area contributed by atoms with Crippen LogP contribution in [-0.4, -0.2) is 27.3 Å². The number of benzene rings is 2. The van der Waals surface area contributed by atoms with Gasteiger partial charge >= 0.3 is 12.2 Å². The number of amides is 2. The van der Waals surface area contributed by atoms with Gasteiger partial charge in [0.2, 0.25) is 0 Å². The fourth-order valence-electron chi connectivity index (χ4n) is 3.32. The molecule has 4 rings (SSSR count). The average molecular weight is 439 g/mol. The number of alkyl halides is 3. The van der Waals surface area contributed by atoms with Crippen LogP contribution in [0.25, 0.3) is 11.1 Å². The summed E-state index contributed by atoms with van der Waals surface area (Å²) in [5.74, 6) is -0.361. The van der Waals surface area contributed by atoms with Gasteiger partial charge in [0.05, 0.1) is 30.5 Å². The lowest BCUT2D eigenvalue weighted by molar-refractivity contribution is -0.137. The molecule has 0 saturated heterocycles. The zero-order valence-electron chi connectivity index (χ0n) is 15.4. The van der Waals surface area contributed by atoms with Crippen molar-refractivity contribution in [3.8, 4) is 11.1 Å². The first-order chi connectivity index (χ1) is 14.2. The van der Waals surface area contributed by atoms with Gasteiger partial charge in [0, 0.05) is 22.8 Å². The largest absolute Gasteiger partial charge is 0.416 e. The summed E-state index contributed by atoms with van der Waals surface area (Å²) < 4.78 is 53.9. The summed E-state index contributed by atoms with van der Waals surface area (Å²) >= 11 is 5.77. The second-order valence-electron chi connectivity index (χ2n) is 6.81. The van der Waals surface area contributed by atoms with Crippen LogP contribution in [0.3, 0.4) is 0 Å². The van der Waals surface area contributed by atoms with E-state index in [1.807, 2.05) is 0 Å². The van der Waals surface area contributed by atoms with Gasteiger partial charge in [-0.25, -0.2) is 9.18 Å². The molecular weight excluding hydrogens is 424 g/mol. The molecule has 1 N–H and O–H groups in total. The van der Waals surface area contributed by atoms with Crippen molar-refractivity contribution in [1.82, 2.24) is 14.7 Å². The van der Waals surface area contributed by atoms with Gasteiger partial charge in [-0.05, 0) is 35.9 Å². The predicted octanol–water partition coefficient (Wildman–Crippen LogP) is 5.41. The molecule has 1 aliphatic heterocycles. The first kappa shape index (κ1) is 20.2. The van der Waals surface area contributed by atoms with E-state index in [0.29, 0.717) is 13.1 Å². The summed E-state index contributed by atoms with van der Waals surface area (Å²) in [5.41, 5.74) is 1.28. The number of halogens is 5. The molecule has 156 valence electrons. The fourth-order valence-corrected chi connectivity index (χ4v) is 3.55. The minimum Gasteiger partial charge on any atom is -0.317 e. The van der Waals surface area contributed by atoms with E-state index in [1.54, 1.807) is 23.0 Å². The molecule has 30 heavy (non-hydrogen) atoms. The Labute approximate surface area is 173 Å². The first-order valence-corrected chi connectivity index (χ1v) is 9.33. The van der Waals surface area contributed by atoms with Crippen LogP contribution in [0.4, 0.5) is 28.0 Å². The number of carbonyl (C=O) groups excluding carboxylic acids is 1. The second kappa shape index (κ2) is 7.64. The molecule has 1 aliphatic rings. The Kier molecular flexibility index (Phi) is 5.15. The summed E-state index contributed by atoms with van der Waals surface area (Å²) in [6.07, 6.45) is -2.93. The van der Waals surface area contributed by atoms with Crippen molar-refractivity contribution in [2.75, 3.05) is 11.9 Å². The standard InChI is InChI=1S/C20H15ClF4N4O/c21-14-7-13(20(23,24)25)8-16(9-14)27-19(30)28-5-6-29-18(11-28)17(10-26-29)12-1-3-15(22)4-2-12/h1-4,7-10H,5-6,11H2,(H,27,30). The summed E-state index contributed by atoms with van der Waals surface area (Å²) in [7, 11) is 0. The number of nitrogens with zero attached hydrogens (tertiary/aromatic N) is 3. The van der Waals surface area contributed by atoms with Crippen molar-refractivity contribution >= 4 is 23.3 Å². The number of anilines is 1. The molecule has 0 saturated carbocycles. The lowest BCUT2D eigenvalue weighted by Gasteiger charge is -2.28. The molecule has 0 bridgehead atoms. The molecule has 0 spiro atoms. The molecule has 10 heteroatoms. The molecule has 0 fully saturated rings. The van der Waals surface area contributed by atoms with Crippen LogP contribution >= 0.6 is 11.6 Å². The number of carbonyl (C=O) groups is 1. The van der Waals surface area contributed by atoms with Gasteiger partial charge in [-0.15, -0.1) is 0 Å².